The monoisotopic (exact) mass is 279 g/mol. The van der Waals surface area contributed by atoms with Gasteiger partial charge in [-0.25, -0.2) is 4.98 Å². The zero-order chi connectivity index (χ0) is 13.7. The number of benzene rings is 1. The molecule has 100 valence electrons. The Morgan fingerprint density at radius 3 is 2.58 bits per heavy atom. The quantitative estimate of drug-likeness (QED) is 0.909. The van der Waals surface area contributed by atoms with Crippen molar-refractivity contribution in [3.63, 3.8) is 0 Å². The van der Waals surface area contributed by atoms with E-state index >= 15 is 0 Å². The lowest BCUT2D eigenvalue weighted by atomic mass is 10.3. The molecule has 0 aliphatic heterocycles. The molecular formula is C13H14ClN3O2. The number of nitrogens with two attached hydrogens (primary N) is 1. The summed E-state index contributed by atoms with van der Waals surface area (Å²) < 4.78 is 11.0. The molecule has 2 N–H and O–H groups in total. The Morgan fingerprint density at radius 1 is 1.21 bits per heavy atom. The highest BCUT2D eigenvalue weighted by atomic mass is 35.5. The molecule has 6 heteroatoms. The minimum Gasteiger partial charge on any atom is -0.494 e. The zero-order valence-corrected chi connectivity index (χ0v) is 11.2. The van der Waals surface area contributed by atoms with Crippen molar-refractivity contribution in [3.8, 4) is 17.4 Å². The van der Waals surface area contributed by atoms with Crippen LogP contribution in [-0.4, -0.2) is 16.6 Å². The summed E-state index contributed by atoms with van der Waals surface area (Å²) >= 11 is 5.92. The van der Waals surface area contributed by atoms with E-state index < -0.39 is 0 Å². The van der Waals surface area contributed by atoms with Crippen molar-refractivity contribution in [2.24, 2.45) is 0 Å². The SMILES string of the molecule is CCCOc1ccc(Oc2nc(N)ncc2Cl)cc1. The minimum absolute atomic E-state index is 0.113. The van der Waals surface area contributed by atoms with E-state index in [-0.39, 0.29) is 11.8 Å². The van der Waals surface area contributed by atoms with E-state index in [1.165, 1.54) is 6.20 Å². The van der Waals surface area contributed by atoms with Crippen LogP contribution in [0.15, 0.2) is 30.5 Å². The van der Waals surface area contributed by atoms with Gasteiger partial charge in [0.25, 0.3) is 0 Å². The van der Waals surface area contributed by atoms with E-state index in [2.05, 4.69) is 16.9 Å². The van der Waals surface area contributed by atoms with Crippen LogP contribution in [0.1, 0.15) is 13.3 Å². The molecule has 1 aromatic carbocycles. The molecule has 0 atom stereocenters. The number of anilines is 1. The molecule has 0 aliphatic carbocycles. The molecule has 19 heavy (non-hydrogen) atoms. The van der Waals surface area contributed by atoms with E-state index in [9.17, 15) is 0 Å². The molecular weight excluding hydrogens is 266 g/mol. The third-order valence-corrected chi connectivity index (χ3v) is 2.50. The van der Waals surface area contributed by atoms with Crippen molar-refractivity contribution < 1.29 is 9.47 Å². The number of nitrogens with zero attached hydrogens (tertiary/aromatic N) is 2. The van der Waals surface area contributed by atoms with E-state index in [1.807, 2.05) is 12.1 Å². The minimum atomic E-state index is 0.113. The molecule has 1 heterocycles. The van der Waals surface area contributed by atoms with Crippen LogP contribution in [0.3, 0.4) is 0 Å². The predicted octanol–water partition coefficient (Wildman–Crippen LogP) is 3.29. The van der Waals surface area contributed by atoms with Crippen LogP contribution < -0.4 is 15.2 Å². The fourth-order valence-electron chi connectivity index (χ4n) is 1.37. The van der Waals surface area contributed by atoms with Crippen molar-refractivity contribution in [3.05, 3.63) is 35.5 Å². The number of nitrogen functional groups attached to an aromatic ring is 1. The predicted molar refractivity (Wildman–Crippen MR) is 73.8 cm³/mol. The maximum absolute atomic E-state index is 5.92. The maximum atomic E-state index is 5.92. The second kappa shape index (κ2) is 6.24. The average Bonchev–Trinajstić information content (AvgIpc) is 2.42. The summed E-state index contributed by atoms with van der Waals surface area (Å²) in [6.07, 6.45) is 2.37. The number of halogens is 1. The highest BCUT2D eigenvalue weighted by molar-refractivity contribution is 6.31. The highest BCUT2D eigenvalue weighted by Crippen LogP contribution is 2.28. The normalized spacial score (nSPS) is 10.2. The van der Waals surface area contributed by atoms with Crippen molar-refractivity contribution in [1.29, 1.82) is 0 Å². The molecule has 0 radical (unpaired) electrons. The number of hydrogen-bond acceptors (Lipinski definition) is 5. The fourth-order valence-corrected chi connectivity index (χ4v) is 1.50. The van der Waals surface area contributed by atoms with E-state index in [0.717, 1.165) is 12.2 Å². The van der Waals surface area contributed by atoms with E-state index in [0.29, 0.717) is 17.4 Å². The van der Waals surface area contributed by atoms with Gasteiger partial charge in [-0.2, -0.15) is 4.98 Å². The summed E-state index contributed by atoms with van der Waals surface area (Å²) in [5.41, 5.74) is 5.48. The Hall–Kier alpha value is -2.01. The Balaban J connectivity index is 2.08. The van der Waals surface area contributed by atoms with E-state index in [4.69, 9.17) is 26.8 Å². The summed E-state index contributed by atoms with van der Waals surface area (Å²) in [5.74, 6) is 1.74. The van der Waals surface area contributed by atoms with Gasteiger partial charge in [0.15, 0.2) is 0 Å². The van der Waals surface area contributed by atoms with Gasteiger partial charge in [-0.1, -0.05) is 18.5 Å². The summed E-state index contributed by atoms with van der Waals surface area (Å²) in [6, 6.07) is 7.20. The first kappa shape index (κ1) is 13.4. The van der Waals surface area contributed by atoms with Gasteiger partial charge in [0, 0.05) is 0 Å². The lowest BCUT2D eigenvalue weighted by Crippen LogP contribution is -1.97. The smallest absolute Gasteiger partial charge is 0.243 e. The zero-order valence-electron chi connectivity index (χ0n) is 10.5. The van der Waals surface area contributed by atoms with E-state index in [1.54, 1.807) is 12.1 Å². The number of hydrogen-bond donors (Lipinski definition) is 1. The molecule has 0 aliphatic rings. The third-order valence-electron chi connectivity index (χ3n) is 2.24. The molecule has 0 amide bonds. The Bertz CT molecular complexity index is 546. The Morgan fingerprint density at radius 2 is 1.89 bits per heavy atom. The van der Waals surface area contributed by atoms with Gasteiger partial charge in [0.2, 0.25) is 11.8 Å². The highest BCUT2D eigenvalue weighted by Gasteiger charge is 2.06. The lowest BCUT2D eigenvalue weighted by molar-refractivity contribution is 0.317. The largest absolute Gasteiger partial charge is 0.494 e. The molecule has 5 nitrogen and oxygen atoms in total. The third kappa shape index (κ3) is 3.72. The van der Waals surface area contributed by atoms with Crippen molar-refractivity contribution in [1.82, 2.24) is 9.97 Å². The number of rotatable bonds is 5. The molecule has 0 spiro atoms. The summed E-state index contributed by atoms with van der Waals surface area (Å²) in [4.78, 5) is 7.68. The topological polar surface area (TPSA) is 70.3 Å². The summed E-state index contributed by atoms with van der Waals surface area (Å²) in [7, 11) is 0. The van der Waals surface area contributed by atoms with Crippen LogP contribution in [0.5, 0.6) is 17.4 Å². The molecule has 2 rings (SSSR count). The van der Waals surface area contributed by atoms with Crippen LogP contribution in [-0.2, 0) is 0 Å². The molecule has 0 bridgehead atoms. The van der Waals surface area contributed by atoms with Crippen molar-refractivity contribution in [2.75, 3.05) is 12.3 Å². The second-order valence-electron chi connectivity index (χ2n) is 3.80. The maximum Gasteiger partial charge on any atom is 0.243 e. The number of ether oxygens (including phenoxy) is 2. The van der Waals surface area contributed by atoms with Gasteiger partial charge in [0.05, 0.1) is 12.8 Å². The molecule has 0 unspecified atom stereocenters. The standard InChI is InChI=1S/C13H14ClN3O2/c1-2-7-18-9-3-5-10(6-4-9)19-12-11(14)8-16-13(15)17-12/h3-6,8H,2,7H2,1H3,(H2,15,16,17). The molecule has 1 aromatic heterocycles. The van der Waals surface area contributed by atoms with Gasteiger partial charge >= 0.3 is 0 Å². The van der Waals surface area contributed by atoms with Crippen LogP contribution >= 0.6 is 11.6 Å². The lowest BCUT2D eigenvalue weighted by Gasteiger charge is -2.08. The van der Waals surface area contributed by atoms with Crippen molar-refractivity contribution >= 4 is 17.5 Å². The van der Waals surface area contributed by atoms with Crippen LogP contribution in [0, 0.1) is 0 Å². The van der Waals surface area contributed by atoms with Crippen LogP contribution in [0.4, 0.5) is 5.95 Å². The van der Waals surface area contributed by atoms with Gasteiger partial charge < -0.3 is 15.2 Å². The van der Waals surface area contributed by atoms with Gasteiger partial charge in [-0.15, -0.1) is 0 Å². The first-order chi connectivity index (χ1) is 9.19. The Kier molecular flexibility index (Phi) is 4.41. The molecule has 2 aromatic rings. The molecule has 0 fully saturated rings. The van der Waals surface area contributed by atoms with Crippen LogP contribution in [0.25, 0.3) is 0 Å². The summed E-state index contributed by atoms with van der Waals surface area (Å²) in [5, 5.41) is 0.306. The molecule has 0 saturated carbocycles. The first-order valence-corrected chi connectivity index (χ1v) is 6.25. The van der Waals surface area contributed by atoms with Gasteiger partial charge in [-0.05, 0) is 30.7 Å². The van der Waals surface area contributed by atoms with Crippen molar-refractivity contribution in [2.45, 2.75) is 13.3 Å². The van der Waals surface area contributed by atoms with Crippen LogP contribution in [0.2, 0.25) is 5.02 Å². The second-order valence-corrected chi connectivity index (χ2v) is 4.21. The fraction of sp³-hybridized carbons (Fsp3) is 0.231. The first-order valence-electron chi connectivity index (χ1n) is 5.87. The molecule has 0 saturated heterocycles. The summed E-state index contributed by atoms with van der Waals surface area (Å²) in [6.45, 7) is 2.74. The average molecular weight is 280 g/mol. The Labute approximate surface area is 116 Å². The van der Waals surface area contributed by atoms with Gasteiger partial charge in [0.1, 0.15) is 16.5 Å². The number of aromatic nitrogens is 2. The van der Waals surface area contributed by atoms with Gasteiger partial charge in [-0.3, -0.25) is 0 Å².